The number of likely N-dealkylation sites (tertiary alicyclic amines) is 2. The minimum Gasteiger partial charge on any atom is -0.480 e. The number of carboxylic acid groups (broad SMARTS) is 1. The van der Waals surface area contributed by atoms with Crippen LogP contribution < -0.4 is 0 Å². The van der Waals surface area contributed by atoms with Crippen LogP contribution in [-0.4, -0.2) is 58.4 Å². The molecule has 0 aromatic carbocycles. The molecule has 2 atom stereocenters. The number of carboxylic acids is 1. The van der Waals surface area contributed by atoms with E-state index >= 15 is 0 Å². The number of rotatable bonds is 4. The zero-order valence-electron chi connectivity index (χ0n) is 11.9. The Kier molecular flexibility index (Phi) is 4.62. The van der Waals surface area contributed by atoms with Crippen LogP contribution in [0.25, 0.3) is 0 Å². The molecule has 0 saturated carbocycles. The quantitative estimate of drug-likeness (QED) is 0.823. The van der Waals surface area contributed by atoms with Crippen molar-refractivity contribution < 1.29 is 19.5 Å². The molecule has 2 fully saturated rings. The highest BCUT2D eigenvalue weighted by atomic mass is 16.4. The molecule has 6 heteroatoms. The Labute approximate surface area is 118 Å². The lowest BCUT2D eigenvalue weighted by atomic mass is 9.89. The minimum atomic E-state index is -0.941. The van der Waals surface area contributed by atoms with Crippen molar-refractivity contribution in [3.63, 3.8) is 0 Å². The van der Waals surface area contributed by atoms with E-state index in [2.05, 4.69) is 0 Å². The number of carbonyl (C=O) groups excluding carboxylic acids is 2. The summed E-state index contributed by atoms with van der Waals surface area (Å²) in [6, 6.07) is -0.737. The Hall–Kier alpha value is -1.59. The molecule has 2 heterocycles. The lowest BCUT2D eigenvalue weighted by Crippen LogP contribution is -2.52. The van der Waals surface area contributed by atoms with Crippen LogP contribution in [0.1, 0.15) is 39.0 Å². The van der Waals surface area contributed by atoms with Gasteiger partial charge in [-0.15, -0.1) is 0 Å². The van der Waals surface area contributed by atoms with Crippen molar-refractivity contribution in [2.75, 3.05) is 19.6 Å². The zero-order valence-corrected chi connectivity index (χ0v) is 11.9. The molecule has 2 aliphatic rings. The Bertz CT molecular complexity index is 410. The van der Waals surface area contributed by atoms with Crippen LogP contribution in [0, 0.1) is 5.92 Å². The minimum absolute atomic E-state index is 0.00586. The first kappa shape index (κ1) is 14.8. The third-order valence-electron chi connectivity index (χ3n) is 4.39. The molecule has 20 heavy (non-hydrogen) atoms. The first-order chi connectivity index (χ1) is 9.52. The van der Waals surface area contributed by atoms with Crippen molar-refractivity contribution in [3.8, 4) is 0 Å². The molecule has 6 nitrogen and oxygen atoms in total. The molecule has 1 N–H and O–H groups in total. The van der Waals surface area contributed by atoms with Crippen molar-refractivity contribution in [2.24, 2.45) is 5.92 Å². The van der Waals surface area contributed by atoms with E-state index in [-0.39, 0.29) is 18.4 Å². The number of carbonyl (C=O) groups is 3. The summed E-state index contributed by atoms with van der Waals surface area (Å²) in [5.41, 5.74) is 0. The molecule has 0 spiro atoms. The van der Waals surface area contributed by atoms with Crippen molar-refractivity contribution in [1.82, 2.24) is 9.80 Å². The Morgan fingerprint density at radius 2 is 2.10 bits per heavy atom. The maximum atomic E-state index is 12.3. The second kappa shape index (κ2) is 6.24. The molecular formula is C14H22N2O4. The largest absolute Gasteiger partial charge is 0.480 e. The van der Waals surface area contributed by atoms with E-state index in [1.165, 1.54) is 9.80 Å². The fourth-order valence-electron chi connectivity index (χ4n) is 3.07. The highest BCUT2D eigenvalue weighted by Gasteiger charge is 2.36. The third kappa shape index (κ3) is 3.11. The van der Waals surface area contributed by atoms with E-state index in [0.29, 0.717) is 31.8 Å². The lowest BCUT2D eigenvalue weighted by molar-refractivity contribution is -0.154. The zero-order chi connectivity index (χ0) is 14.7. The van der Waals surface area contributed by atoms with Gasteiger partial charge in [0.05, 0.1) is 6.54 Å². The first-order valence-electron chi connectivity index (χ1n) is 7.33. The summed E-state index contributed by atoms with van der Waals surface area (Å²) in [6.07, 6.45) is 3.59. The maximum absolute atomic E-state index is 12.3. The number of hydrogen-bond donors (Lipinski definition) is 1. The summed E-state index contributed by atoms with van der Waals surface area (Å²) in [7, 11) is 0. The molecule has 2 saturated heterocycles. The van der Waals surface area contributed by atoms with Gasteiger partial charge >= 0.3 is 5.97 Å². The molecule has 112 valence electrons. The summed E-state index contributed by atoms with van der Waals surface area (Å²) in [6.45, 7) is 3.16. The predicted molar refractivity (Wildman–Crippen MR) is 72.0 cm³/mol. The Morgan fingerprint density at radius 1 is 1.35 bits per heavy atom. The van der Waals surface area contributed by atoms with E-state index in [9.17, 15) is 19.5 Å². The first-order valence-corrected chi connectivity index (χ1v) is 7.33. The van der Waals surface area contributed by atoms with Gasteiger partial charge in [-0.3, -0.25) is 9.59 Å². The Balaban J connectivity index is 2.00. The number of hydrogen-bond acceptors (Lipinski definition) is 3. The van der Waals surface area contributed by atoms with Gasteiger partial charge < -0.3 is 14.9 Å². The van der Waals surface area contributed by atoms with Gasteiger partial charge in [-0.2, -0.15) is 0 Å². The average Bonchev–Trinajstić information content (AvgIpc) is 2.83. The third-order valence-corrected chi connectivity index (χ3v) is 4.39. The number of piperidine rings is 1. The molecule has 0 bridgehead atoms. The highest BCUT2D eigenvalue weighted by Crippen LogP contribution is 2.26. The summed E-state index contributed by atoms with van der Waals surface area (Å²) in [5, 5.41) is 9.31. The molecule has 0 aliphatic carbocycles. The molecule has 0 aromatic rings. The normalized spacial score (nSPS) is 26.9. The fraction of sp³-hybridized carbons (Fsp3) is 0.786. The van der Waals surface area contributed by atoms with Gasteiger partial charge in [-0.05, 0) is 25.2 Å². The summed E-state index contributed by atoms with van der Waals surface area (Å²) in [5.74, 6) is -0.811. The van der Waals surface area contributed by atoms with Crippen molar-refractivity contribution in [3.05, 3.63) is 0 Å². The van der Waals surface area contributed by atoms with E-state index in [0.717, 1.165) is 19.3 Å². The average molecular weight is 282 g/mol. The van der Waals surface area contributed by atoms with Gasteiger partial charge in [0.1, 0.15) is 6.04 Å². The van der Waals surface area contributed by atoms with Crippen LogP contribution in [0.5, 0.6) is 0 Å². The Morgan fingerprint density at radius 3 is 2.65 bits per heavy atom. The second-order valence-electron chi connectivity index (χ2n) is 5.66. The van der Waals surface area contributed by atoms with Gasteiger partial charge in [0, 0.05) is 19.5 Å². The lowest BCUT2D eigenvalue weighted by Gasteiger charge is -2.37. The SMILES string of the molecule is CCC1CCN(C(=O)CN2CCCC2=O)C(C(=O)O)C1. The molecule has 2 amide bonds. The van der Waals surface area contributed by atoms with Gasteiger partial charge in [-0.25, -0.2) is 4.79 Å². The van der Waals surface area contributed by atoms with Gasteiger partial charge in [0.25, 0.3) is 0 Å². The summed E-state index contributed by atoms with van der Waals surface area (Å²) in [4.78, 5) is 38.2. The number of aliphatic carboxylic acids is 1. The molecule has 0 aromatic heterocycles. The maximum Gasteiger partial charge on any atom is 0.326 e. The van der Waals surface area contributed by atoms with E-state index in [1.54, 1.807) is 0 Å². The summed E-state index contributed by atoms with van der Waals surface area (Å²) >= 11 is 0. The monoisotopic (exact) mass is 282 g/mol. The van der Waals surface area contributed by atoms with Crippen molar-refractivity contribution in [1.29, 1.82) is 0 Å². The van der Waals surface area contributed by atoms with Crippen molar-refractivity contribution in [2.45, 2.75) is 45.1 Å². The molecule has 2 rings (SSSR count). The van der Waals surface area contributed by atoms with Crippen LogP contribution >= 0.6 is 0 Å². The van der Waals surface area contributed by atoms with Crippen LogP contribution in [0.4, 0.5) is 0 Å². The smallest absolute Gasteiger partial charge is 0.326 e. The van der Waals surface area contributed by atoms with Gasteiger partial charge in [-0.1, -0.05) is 13.3 Å². The summed E-state index contributed by atoms with van der Waals surface area (Å²) < 4.78 is 0. The van der Waals surface area contributed by atoms with Crippen LogP contribution in [0.15, 0.2) is 0 Å². The molecule has 2 unspecified atom stereocenters. The topological polar surface area (TPSA) is 77.9 Å². The number of nitrogens with zero attached hydrogens (tertiary/aromatic N) is 2. The fourth-order valence-corrected chi connectivity index (χ4v) is 3.07. The van der Waals surface area contributed by atoms with Gasteiger partial charge in [0.15, 0.2) is 0 Å². The van der Waals surface area contributed by atoms with Gasteiger partial charge in [0.2, 0.25) is 11.8 Å². The van der Waals surface area contributed by atoms with Crippen LogP contribution in [-0.2, 0) is 14.4 Å². The standard InChI is InChI=1S/C14H22N2O4/c1-2-10-5-7-16(11(8-10)14(19)20)13(18)9-15-6-3-4-12(15)17/h10-11H,2-9H2,1H3,(H,19,20). The highest BCUT2D eigenvalue weighted by molar-refractivity contribution is 5.88. The molecule has 2 aliphatic heterocycles. The van der Waals surface area contributed by atoms with E-state index in [4.69, 9.17) is 0 Å². The molecular weight excluding hydrogens is 260 g/mol. The second-order valence-corrected chi connectivity index (χ2v) is 5.66. The number of amides is 2. The van der Waals surface area contributed by atoms with E-state index < -0.39 is 12.0 Å². The van der Waals surface area contributed by atoms with Crippen LogP contribution in [0.3, 0.4) is 0 Å². The molecule has 0 radical (unpaired) electrons. The predicted octanol–water partition coefficient (Wildman–Crippen LogP) is 0.711. The van der Waals surface area contributed by atoms with Crippen LogP contribution in [0.2, 0.25) is 0 Å². The van der Waals surface area contributed by atoms with E-state index in [1.807, 2.05) is 6.92 Å². The van der Waals surface area contributed by atoms with Crippen molar-refractivity contribution >= 4 is 17.8 Å².